The van der Waals surface area contributed by atoms with Crippen LogP contribution in [0.5, 0.6) is 0 Å². The maximum atomic E-state index is 12.0. The molecule has 1 unspecified atom stereocenters. The van der Waals surface area contributed by atoms with Crippen molar-refractivity contribution in [2.45, 2.75) is 31.4 Å². The Morgan fingerprint density at radius 2 is 1.82 bits per heavy atom. The SMILES string of the molecule is CCOC(=O)C(C)(CCc1ccc(B(O)O)cc1)S(C)(=O)=O. The normalized spacial score (nSPS) is 14.2. The van der Waals surface area contributed by atoms with Crippen molar-refractivity contribution in [2.24, 2.45) is 0 Å². The zero-order valence-electron chi connectivity index (χ0n) is 12.9. The molecule has 0 aliphatic rings. The van der Waals surface area contributed by atoms with Crippen LogP contribution in [0.25, 0.3) is 0 Å². The van der Waals surface area contributed by atoms with Crippen LogP contribution in [0.2, 0.25) is 0 Å². The van der Waals surface area contributed by atoms with Crippen LogP contribution in [-0.4, -0.2) is 49.2 Å². The molecule has 1 aromatic rings. The van der Waals surface area contributed by atoms with E-state index in [2.05, 4.69) is 0 Å². The molecule has 0 fully saturated rings. The van der Waals surface area contributed by atoms with Gasteiger partial charge < -0.3 is 14.8 Å². The largest absolute Gasteiger partial charge is 0.488 e. The Hall–Kier alpha value is -1.38. The average Bonchev–Trinajstić information content (AvgIpc) is 2.44. The minimum atomic E-state index is -3.63. The van der Waals surface area contributed by atoms with E-state index in [9.17, 15) is 13.2 Å². The quantitative estimate of drug-likeness (QED) is 0.525. The number of aryl methyl sites for hydroxylation is 1. The Labute approximate surface area is 131 Å². The topological polar surface area (TPSA) is 101 Å². The highest BCUT2D eigenvalue weighted by molar-refractivity contribution is 7.92. The summed E-state index contributed by atoms with van der Waals surface area (Å²) in [5, 5.41) is 18.1. The highest BCUT2D eigenvalue weighted by Gasteiger charge is 2.44. The summed E-state index contributed by atoms with van der Waals surface area (Å²) in [4.78, 5) is 12.0. The van der Waals surface area contributed by atoms with Gasteiger partial charge in [0.25, 0.3) is 0 Å². The second kappa shape index (κ2) is 7.26. The van der Waals surface area contributed by atoms with Gasteiger partial charge in [-0.3, -0.25) is 4.79 Å². The molecule has 22 heavy (non-hydrogen) atoms. The van der Waals surface area contributed by atoms with Crippen LogP contribution in [0.15, 0.2) is 24.3 Å². The summed E-state index contributed by atoms with van der Waals surface area (Å²) in [5.41, 5.74) is 1.14. The number of carbonyl (C=O) groups is 1. The summed E-state index contributed by atoms with van der Waals surface area (Å²) >= 11 is 0. The maximum Gasteiger partial charge on any atom is 0.488 e. The molecule has 0 bridgehead atoms. The first-order chi connectivity index (χ1) is 10.1. The molecule has 0 saturated heterocycles. The number of hydrogen-bond donors (Lipinski definition) is 2. The second-order valence-electron chi connectivity index (χ2n) is 5.34. The molecule has 0 aliphatic carbocycles. The third kappa shape index (κ3) is 4.31. The van der Waals surface area contributed by atoms with Crippen LogP contribution >= 0.6 is 0 Å². The summed E-state index contributed by atoms with van der Waals surface area (Å²) in [6.07, 6.45) is 1.46. The monoisotopic (exact) mass is 328 g/mol. The van der Waals surface area contributed by atoms with Gasteiger partial charge >= 0.3 is 13.1 Å². The number of sulfone groups is 1. The molecule has 1 atom stereocenters. The van der Waals surface area contributed by atoms with Crippen molar-refractivity contribution in [1.82, 2.24) is 0 Å². The van der Waals surface area contributed by atoms with Gasteiger partial charge in [0.2, 0.25) is 0 Å². The van der Waals surface area contributed by atoms with Crippen molar-refractivity contribution < 1.29 is 28.0 Å². The van der Waals surface area contributed by atoms with Crippen molar-refractivity contribution in [2.75, 3.05) is 12.9 Å². The highest BCUT2D eigenvalue weighted by atomic mass is 32.2. The van der Waals surface area contributed by atoms with Gasteiger partial charge in [-0.25, -0.2) is 8.42 Å². The zero-order valence-corrected chi connectivity index (χ0v) is 13.8. The lowest BCUT2D eigenvalue weighted by molar-refractivity contribution is -0.146. The van der Waals surface area contributed by atoms with Crippen molar-refractivity contribution in [3.63, 3.8) is 0 Å². The Bertz CT molecular complexity index is 611. The van der Waals surface area contributed by atoms with Crippen molar-refractivity contribution >= 4 is 28.4 Å². The molecule has 122 valence electrons. The van der Waals surface area contributed by atoms with Gasteiger partial charge in [-0.05, 0) is 37.7 Å². The summed E-state index contributed by atoms with van der Waals surface area (Å²) in [6, 6.07) is 6.43. The van der Waals surface area contributed by atoms with Crippen LogP contribution in [0.1, 0.15) is 25.8 Å². The summed E-state index contributed by atoms with van der Waals surface area (Å²) in [6.45, 7) is 3.11. The number of esters is 1. The Balaban J connectivity index is 2.90. The fourth-order valence-electron chi connectivity index (χ4n) is 1.96. The molecule has 1 rings (SSSR count). The Kier molecular flexibility index (Phi) is 6.16. The maximum absolute atomic E-state index is 12.0. The van der Waals surface area contributed by atoms with Crippen LogP contribution < -0.4 is 5.46 Å². The van der Waals surface area contributed by atoms with Gasteiger partial charge in [0.1, 0.15) is 0 Å². The van der Waals surface area contributed by atoms with E-state index in [0.717, 1.165) is 11.8 Å². The molecule has 8 heteroatoms. The van der Waals surface area contributed by atoms with Gasteiger partial charge in [0, 0.05) is 6.26 Å². The van der Waals surface area contributed by atoms with Gasteiger partial charge in [-0.2, -0.15) is 0 Å². The fraction of sp³-hybridized carbons (Fsp3) is 0.500. The molecule has 0 spiro atoms. The van der Waals surface area contributed by atoms with Gasteiger partial charge in [-0.1, -0.05) is 24.3 Å². The van der Waals surface area contributed by atoms with E-state index in [1.807, 2.05) is 0 Å². The predicted molar refractivity (Wildman–Crippen MR) is 84.5 cm³/mol. The summed E-state index contributed by atoms with van der Waals surface area (Å²) in [7, 11) is -5.18. The molecular formula is C14H21BO6S. The first kappa shape index (κ1) is 18.7. The zero-order chi connectivity index (χ0) is 17.0. The molecular weight excluding hydrogens is 307 g/mol. The number of rotatable bonds is 7. The minimum Gasteiger partial charge on any atom is -0.465 e. The Morgan fingerprint density at radius 3 is 2.23 bits per heavy atom. The van der Waals surface area contributed by atoms with E-state index in [0.29, 0.717) is 11.9 Å². The third-order valence-corrected chi connectivity index (χ3v) is 5.70. The van der Waals surface area contributed by atoms with Crippen molar-refractivity contribution in [3.05, 3.63) is 29.8 Å². The summed E-state index contributed by atoms with van der Waals surface area (Å²) < 4.78 is 27.2. The molecule has 0 radical (unpaired) electrons. The van der Waals surface area contributed by atoms with Gasteiger partial charge in [0.15, 0.2) is 14.6 Å². The number of carbonyl (C=O) groups excluding carboxylic acids is 1. The molecule has 2 N–H and O–H groups in total. The van der Waals surface area contributed by atoms with Crippen molar-refractivity contribution in [1.29, 1.82) is 0 Å². The standard InChI is InChI=1S/C14H21BO6S/c1-4-21-13(16)14(2,22(3,19)20)10-9-11-5-7-12(8-6-11)15(17)18/h5-8,17-18H,4,9-10H2,1-3H3. The van der Waals surface area contributed by atoms with Crippen LogP contribution in [0.4, 0.5) is 0 Å². The number of hydrogen-bond acceptors (Lipinski definition) is 6. The lowest BCUT2D eigenvalue weighted by Gasteiger charge is -2.25. The lowest BCUT2D eigenvalue weighted by Crippen LogP contribution is -2.44. The van der Waals surface area contributed by atoms with Crippen LogP contribution in [0.3, 0.4) is 0 Å². The van der Waals surface area contributed by atoms with E-state index in [4.69, 9.17) is 14.8 Å². The minimum absolute atomic E-state index is 0.0890. The first-order valence-electron chi connectivity index (χ1n) is 6.93. The lowest BCUT2D eigenvalue weighted by atomic mass is 9.80. The molecule has 0 aromatic heterocycles. The van der Waals surface area contributed by atoms with Gasteiger partial charge in [-0.15, -0.1) is 0 Å². The third-order valence-electron chi connectivity index (χ3n) is 3.69. The molecule has 0 amide bonds. The van der Waals surface area contributed by atoms with Crippen LogP contribution in [-0.2, 0) is 25.8 Å². The van der Waals surface area contributed by atoms with E-state index >= 15 is 0 Å². The predicted octanol–water partition coefficient (Wildman–Crippen LogP) is -0.335. The smallest absolute Gasteiger partial charge is 0.465 e. The number of ether oxygens (including phenoxy) is 1. The van der Waals surface area contributed by atoms with E-state index in [1.165, 1.54) is 6.92 Å². The van der Waals surface area contributed by atoms with Gasteiger partial charge in [0.05, 0.1) is 6.61 Å². The summed E-state index contributed by atoms with van der Waals surface area (Å²) in [5.74, 6) is -0.750. The second-order valence-corrected chi connectivity index (χ2v) is 7.78. The first-order valence-corrected chi connectivity index (χ1v) is 8.82. The van der Waals surface area contributed by atoms with E-state index < -0.39 is 27.7 Å². The number of benzene rings is 1. The van der Waals surface area contributed by atoms with Crippen LogP contribution in [0, 0.1) is 0 Å². The highest BCUT2D eigenvalue weighted by Crippen LogP contribution is 2.25. The fourth-order valence-corrected chi connectivity index (χ4v) is 2.80. The Morgan fingerprint density at radius 1 is 1.27 bits per heavy atom. The molecule has 1 aromatic carbocycles. The van der Waals surface area contributed by atoms with E-state index in [-0.39, 0.29) is 13.0 Å². The molecule has 6 nitrogen and oxygen atoms in total. The average molecular weight is 328 g/mol. The molecule has 0 heterocycles. The molecule has 0 aliphatic heterocycles. The van der Waals surface area contributed by atoms with E-state index in [1.54, 1.807) is 31.2 Å². The molecule has 0 saturated carbocycles. The van der Waals surface area contributed by atoms with Crippen molar-refractivity contribution in [3.8, 4) is 0 Å².